The highest BCUT2D eigenvalue weighted by molar-refractivity contribution is 6.30. The number of anilines is 1. The summed E-state index contributed by atoms with van der Waals surface area (Å²) in [6, 6.07) is 6.87. The number of benzene rings is 1. The number of piperidine rings is 1. The Morgan fingerprint density at radius 1 is 1.36 bits per heavy atom. The number of amides is 2. The molecule has 1 aliphatic rings. The smallest absolute Gasteiger partial charge is 0.326 e. The molecule has 1 N–H and O–H groups in total. The lowest BCUT2D eigenvalue weighted by Crippen LogP contribution is -2.47. The Balaban J connectivity index is 1.95. The quantitative estimate of drug-likeness (QED) is 0.831. The first-order valence-corrected chi connectivity index (χ1v) is 8.58. The van der Waals surface area contributed by atoms with Gasteiger partial charge in [-0.25, -0.2) is 0 Å². The van der Waals surface area contributed by atoms with E-state index in [1.54, 1.807) is 45.0 Å². The fourth-order valence-electron chi connectivity index (χ4n) is 2.62. The van der Waals surface area contributed by atoms with E-state index in [1.165, 1.54) is 4.90 Å². The molecule has 1 atom stereocenters. The molecule has 1 saturated heterocycles. The lowest BCUT2D eigenvalue weighted by atomic mass is 9.96. The van der Waals surface area contributed by atoms with Crippen molar-refractivity contribution in [3.63, 3.8) is 0 Å². The number of hydrogen-bond donors (Lipinski definition) is 1. The third kappa shape index (κ3) is 6.05. The Labute approximate surface area is 152 Å². The van der Waals surface area contributed by atoms with Crippen molar-refractivity contribution in [1.29, 1.82) is 0 Å². The van der Waals surface area contributed by atoms with Gasteiger partial charge in [0, 0.05) is 23.7 Å². The fraction of sp³-hybridized carbons (Fsp3) is 0.500. The van der Waals surface area contributed by atoms with Crippen LogP contribution in [0.15, 0.2) is 24.3 Å². The Morgan fingerprint density at radius 3 is 2.72 bits per heavy atom. The van der Waals surface area contributed by atoms with Crippen molar-refractivity contribution in [3.8, 4) is 0 Å². The lowest BCUT2D eigenvalue weighted by molar-refractivity contribution is -0.160. The van der Waals surface area contributed by atoms with E-state index in [1.807, 2.05) is 0 Å². The Kier molecular flexibility index (Phi) is 6.06. The van der Waals surface area contributed by atoms with Crippen LogP contribution >= 0.6 is 11.6 Å². The van der Waals surface area contributed by atoms with Crippen LogP contribution < -0.4 is 5.32 Å². The predicted molar refractivity (Wildman–Crippen MR) is 95.2 cm³/mol. The van der Waals surface area contributed by atoms with Crippen LogP contribution in [0.1, 0.15) is 33.6 Å². The summed E-state index contributed by atoms with van der Waals surface area (Å²) in [6.07, 6.45) is 0.687. The summed E-state index contributed by atoms with van der Waals surface area (Å²) in [5, 5.41) is 3.33. The number of carbonyl (C=O) groups excluding carboxylic acids is 3. The molecule has 0 aliphatic carbocycles. The van der Waals surface area contributed by atoms with Gasteiger partial charge in [-0.15, -0.1) is 0 Å². The maximum atomic E-state index is 12.4. The third-order valence-corrected chi connectivity index (χ3v) is 3.94. The molecular weight excluding hydrogens is 344 g/mol. The molecule has 0 unspecified atom stereocenters. The highest BCUT2D eigenvalue weighted by Gasteiger charge is 2.32. The van der Waals surface area contributed by atoms with Crippen LogP contribution in [0.5, 0.6) is 0 Å². The maximum absolute atomic E-state index is 12.4. The molecule has 0 spiro atoms. The van der Waals surface area contributed by atoms with E-state index >= 15 is 0 Å². The largest absolute Gasteiger partial charge is 0.459 e. The number of rotatable bonds is 4. The number of nitrogens with one attached hydrogen (secondary N) is 1. The zero-order valence-electron chi connectivity index (χ0n) is 14.7. The summed E-state index contributed by atoms with van der Waals surface area (Å²) in [5.41, 5.74) is -0.00712. The highest BCUT2D eigenvalue weighted by atomic mass is 35.5. The van der Waals surface area contributed by atoms with Crippen LogP contribution in [0.25, 0.3) is 0 Å². The first-order chi connectivity index (χ1) is 11.6. The minimum Gasteiger partial charge on any atom is -0.459 e. The number of esters is 1. The number of nitrogens with zero attached hydrogens (tertiary/aromatic N) is 1. The molecule has 2 rings (SSSR count). The van der Waals surface area contributed by atoms with Crippen molar-refractivity contribution >= 4 is 35.1 Å². The van der Waals surface area contributed by atoms with Gasteiger partial charge >= 0.3 is 5.97 Å². The summed E-state index contributed by atoms with van der Waals surface area (Å²) >= 11 is 5.91. The number of likely N-dealkylation sites (tertiary alicyclic amines) is 1. The highest BCUT2D eigenvalue weighted by Crippen LogP contribution is 2.21. The molecular formula is C18H23ClN2O4. The van der Waals surface area contributed by atoms with E-state index in [0.29, 0.717) is 17.1 Å². The number of halogens is 1. The summed E-state index contributed by atoms with van der Waals surface area (Å²) in [7, 11) is 0. The van der Waals surface area contributed by atoms with Crippen molar-refractivity contribution in [2.24, 2.45) is 5.92 Å². The Hall–Kier alpha value is -2.08. The first kappa shape index (κ1) is 19.2. The van der Waals surface area contributed by atoms with E-state index in [4.69, 9.17) is 16.3 Å². The van der Waals surface area contributed by atoms with Gasteiger partial charge in [0.1, 0.15) is 12.1 Å². The first-order valence-electron chi connectivity index (χ1n) is 8.20. The normalized spacial score (nSPS) is 18.0. The van der Waals surface area contributed by atoms with Crippen LogP contribution in [-0.2, 0) is 19.1 Å². The molecule has 0 radical (unpaired) electrons. The predicted octanol–water partition coefficient (Wildman–Crippen LogP) is 2.86. The Morgan fingerprint density at radius 2 is 2.08 bits per heavy atom. The second-order valence-corrected chi connectivity index (χ2v) is 7.53. The van der Waals surface area contributed by atoms with Crippen molar-refractivity contribution < 1.29 is 19.1 Å². The van der Waals surface area contributed by atoms with Crippen LogP contribution in [0.4, 0.5) is 5.69 Å². The third-order valence-electron chi connectivity index (χ3n) is 3.70. The zero-order valence-corrected chi connectivity index (χ0v) is 15.4. The van der Waals surface area contributed by atoms with Crippen molar-refractivity contribution in [3.05, 3.63) is 29.3 Å². The molecule has 0 bridgehead atoms. The molecule has 1 aromatic rings. The van der Waals surface area contributed by atoms with Gasteiger partial charge in [0.05, 0.1) is 5.92 Å². The lowest BCUT2D eigenvalue weighted by Gasteiger charge is -2.32. The molecule has 25 heavy (non-hydrogen) atoms. The number of ether oxygens (including phenoxy) is 1. The minimum absolute atomic E-state index is 0.141. The molecule has 2 amide bonds. The van der Waals surface area contributed by atoms with Gasteiger partial charge in [-0.1, -0.05) is 17.7 Å². The zero-order chi connectivity index (χ0) is 18.6. The van der Waals surface area contributed by atoms with Gasteiger partial charge < -0.3 is 15.0 Å². The summed E-state index contributed by atoms with van der Waals surface area (Å²) in [5.74, 6) is -1.18. The van der Waals surface area contributed by atoms with E-state index in [-0.39, 0.29) is 37.2 Å². The van der Waals surface area contributed by atoms with E-state index in [0.717, 1.165) is 0 Å². The molecule has 1 heterocycles. The molecule has 1 aromatic carbocycles. The molecule has 136 valence electrons. The number of hydrogen-bond acceptors (Lipinski definition) is 4. The van der Waals surface area contributed by atoms with Gasteiger partial charge in [0.25, 0.3) is 0 Å². The second kappa shape index (κ2) is 7.87. The second-order valence-electron chi connectivity index (χ2n) is 7.10. The minimum atomic E-state index is -0.612. The van der Waals surface area contributed by atoms with Gasteiger partial charge in [-0.3, -0.25) is 14.4 Å². The van der Waals surface area contributed by atoms with Crippen molar-refractivity contribution in [1.82, 2.24) is 4.90 Å². The van der Waals surface area contributed by atoms with Gasteiger partial charge in [-0.05, 0) is 45.4 Å². The topological polar surface area (TPSA) is 75.7 Å². The summed E-state index contributed by atoms with van der Waals surface area (Å²) in [4.78, 5) is 37.8. The maximum Gasteiger partial charge on any atom is 0.326 e. The molecule has 1 fully saturated rings. The molecule has 6 nitrogen and oxygen atoms in total. The number of carbonyl (C=O) groups is 3. The van der Waals surface area contributed by atoms with Gasteiger partial charge in [0.15, 0.2) is 0 Å². The van der Waals surface area contributed by atoms with Crippen molar-refractivity contribution in [2.45, 2.75) is 39.2 Å². The fourth-order valence-corrected chi connectivity index (χ4v) is 2.81. The van der Waals surface area contributed by atoms with Crippen LogP contribution in [0.3, 0.4) is 0 Å². The molecule has 1 aliphatic heterocycles. The Bertz CT molecular complexity index is 669. The summed E-state index contributed by atoms with van der Waals surface area (Å²) in [6.45, 7) is 5.36. The standard InChI is InChI=1S/C18H23ClN2O4/c1-18(2,3)25-16(23)11-21-10-12(7-8-15(21)22)17(24)20-14-6-4-5-13(19)9-14/h4-6,9,12H,7-8,10-11H2,1-3H3,(H,20,24)/t12-/m0/s1. The monoisotopic (exact) mass is 366 g/mol. The van der Waals surface area contributed by atoms with Gasteiger partial charge in [-0.2, -0.15) is 0 Å². The molecule has 7 heteroatoms. The molecule has 0 aromatic heterocycles. The van der Waals surface area contributed by atoms with Gasteiger partial charge in [0.2, 0.25) is 11.8 Å². The van der Waals surface area contributed by atoms with Crippen molar-refractivity contribution in [2.75, 3.05) is 18.4 Å². The average Bonchev–Trinajstić information content (AvgIpc) is 2.47. The van der Waals surface area contributed by atoms with Crippen LogP contribution in [0, 0.1) is 5.92 Å². The SMILES string of the molecule is CC(C)(C)OC(=O)CN1C[C@@H](C(=O)Nc2cccc(Cl)c2)CCC1=O. The van der Waals surface area contributed by atoms with Crippen LogP contribution in [-0.4, -0.2) is 41.4 Å². The van der Waals surface area contributed by atoms with Crippen LogP contribution in [0.2, 0.25) is 5.02 Å². The van der Waals surface area contributed by atoms with E-state index < -0.39 is 11.6 Å². The average molecular weight is 367 g/mol. The van der Waals surface area contributed by atoms with E-state index in [2.05, 4.69) is 5.32 Å². The molecule has 0 saturated carbocycles. The summed E-state index contributed by atoms with van der Waals surface area (Å²) < 4.78 is 5.25. The van der Waals surface area contributed by atoms with E-state index in [9.17, 15) is 14.4 Å².